The molecule has 0 radical (unpaired) electrons. The molecule has 548 valence electrons. The minimum absolute atomic E-state index is 0. The molecule has 0 saturated heterocycles. The van der Waals surface area contributed by atoms with Gasteiger partial charge in [-0.1, -0.05) is 74.3 Å². The molecule has 0 aliphatic heterocycles. The van der Waals surface area contributed by atoms with E-state index in [1.54, 1.807) is 14.2 Å². The van der Waals surface area contributed by atoms with Gasteiger partial charge < -0.3 is 117 Å². The molecule has 38 heteroatoms. The molecular weight excluding hydrogens is 1230 g/mol. The van der Waals surface area contributed by atoms with E-state index >= 15 is 0 Å². The minimum atomic E-state index is -1.04. The number of hydrogen-bond acceptors (Lipinski definition) is 32. The van der Waals surface area contributed by atoms with Gasteiger partial charge in [-0.15, -0.1) is 0 Å². The SMILES string of the molecule is C.C.C.C.C.C.C.C.C.C.CC(=O)CC(=O)OCOC(=O)CC(=O)OCOC(=O)CC(C)=O.COC(=O)NCNC(=O)OCCCOC(=O)NCNC(=O)OC.COCOC.COCOC(=O)CC(=O)OCOC.COCOC(=O)NCCCNC(=O)OCOC. The highest BCUT2D eigenvalue weighted by Crippen LogP contribution is 1.96. The standard InChI is InChI=1S/C13H16O10.C11H20N4O8.C9H18N2O6.C7H12O6.C3H8O2.10CH4/c1-8(14)3-10(16)20-6-22-12(18)5-13(19)23-7-21-11(17)4-9(2)15;1-20-8(16)12-6-14-10(18)22-4-3-5-23-11(19)15-7-13-9(17)21-2;1-14-6-16-8(12)10-4-3-5-11-9(13)17-7-15-2;1-10-4-12-6(8)3-7(9)13-5-11-2;1-4-3-5-2;;;;;;;;;;/h3-7H2,1-2H3;3-7H2,1-2H3,(H,12,16)(H,13,17)(H,14,18)(H,15,19);3-7H2,1-2H3,(H,10,12)(H,11,13);3-5H2,1-2H3;3H2,1-2H3;10*1H4. The van der Waals surface area contributed by atoms with Gasteiger partial charge in [0.25, 0.3) is 0 Å². The van der Waals surface area contributed by atoms with Crippen LogP contribution in [0.3, 0.4) is 0 Å². The van der Waals surface area contributed by atoms with Gasteiger partial charge in [0.15, 0.2) is 27.2 Å². The number of rotatable bonds is 34. The molecule has 0 aliphatic carbocycles. The second kappa shape index (κ2) is 90.3. The molecule has 6 amide bonds. The van der Waals surface area contributed by atoms with Gasteiger partial charge in [-0.25, -0.2) is 28.8 Å². The Balaban J connectivity index is -0.0000000622. The van der Waals surface area contributed by atoms with E-state index in [9.17, 15) is 67.1 Å². The second-order valence-electron chi connectivity index (χ2n) is 13.5. The number of methoxy groups -OCH3 is 8. The molecule has 0 unspecified atom stereocenters. The van der Waals surface area contributed by atoms with Crippen LogP contribution >= 0.6 is 0 Å². The molecule has 0 aliphatic rings. The van der Waals surface area contributed by atoms with Crippen molar-refractivity contribution in [1.29, 1.82) is 0 Å². The van der Waals surface area contributed by atoms with Gasteiger partial charge in [0.1, 0.15) is 44.0 Å². The molecule has 0 atom stereocenters. The molecule has 0 bridgehead atoms. The highest BCUT2D eigenvalue weighted by atomic mass is 16.7. The van der Waals surface area contributed by atoms with E-state index in [4.69, 9.17) is 9.47 Å². The summed E-state index contributed by atoms with van der Waals surface area (Å²) < 4.78 is 80.6. The van der Waals surface area contributed by atoms with E-state index in [-0.39, 0.29) is 134 Å². The molecule has 0 heterocycles. The zero-order valence-electron chi connectivity index (χ0n) is 46.5. The summed E-state index contributed by atoms with van der Waals surface area (Å²) in [6.45, 7) is 1.26. The first kappa shape index (κ1) is 120. The Morgan fingerprint density at radius 1 is 0.253 bits per heavy atom. The summed E-state index contributed by atoms with van der Waals surface area (Å²) in [4.78, 5) is 152. The number of esters is 6. The summed E-state index contributed by atoms with van der Waals surface area (Å²) in [6, 6.07) is 0. The zero-order valence-corrected chi connectivity index (χ0v) is 46.5. The van der Waals surface area contributed by atoms with Crippen molar-refractivity contribution in [2.45, 2.75) is 127 Å². The first-order valence-electron chi connectivity index (χ1n) is 22.6. The molecule has 0 saturated carbocycles. The summed E-state index contributed by atoms with van der Waals surface area (Å²) in [6.07, 6.45) is -5.29. The number of ether oxygens (including phenoxy) is 18. The van der Waals surface area contributed by atoms with Crippen molar-refractivity contribution in [2.75, 3.05) is 144 Å². The third-order valence-corrected chi connectivity index (χ3v) is 6.72. The third-order valence-electron chi connectivity index (χ3n) is 6.72. The summed E-state index contributed by atoms with van der Waals surface area (Å²) in [5.74, 6) is -6.03. The number of hydrogen-bond donors (Lipinski definition) is 6. The van der Waals surface area contributed by atoms with Crippen molar-refractivity contribution >= 4 is 83.9 Å². The molecular formula is C53H114N6O32. The van der Waals surface area contributed by atoms with Gasteiger partial charge >= 0.3 is 72.4 Å². The maximum Gasteiger partial charge on any atom is 0.409 e. The summed E-state index contributed by atoms with van der Waals surface area (Å²) in [5.41, 5.74) is 0. The van der Waals surface area contributed by atoms with Crippen LogP contribution in [-0.2, 0) is 124 Å². The van der Waals surface area contributed by atoms with Crippen LogP contribution in [0, 0.1) is 0 Å². The van der Waals surface area contributed by atoms with E-state index in [0.29, 0.717) is 26.3 Å². The Bertz CT molecular complexity index is 1710. The van der Waals surface area contributed by atoms with Gasteiger partial charge in [0, 0.05) is 62.2 Å². The fraction of sp³-hybridized carbons (Fsp3) is 0.736. The van der Waals surface area contributed by atoms with Crippen LogP contribution in [-0.4, -0.2) is 228 Å². The van der Waals surface area contributed by atoms with E-state index in [1.807, 2.05) is 0 Å². The lowest BCUT2D eigenvalue weighted by molar-refractivity contribution is -0.174. The van der Waals surface area contributed by atoms with E-state index in [0.717, 1.165) is 0 Å². The molecule has 0 aromatic heterocycles. The summed E-state index contributed by atoms with van der Waals surface area (Å²) in [7, 11) is 11.1. The van der Waals surface area contributed by atoms with E-state index < -0.39 is 123 Å². The van der Waals surface area contributed by atoms with Crippen LogP contribution in [0.1, 0.15) is 127 Å². The molecule has 38 nitrogen and oxygen atoms in total. The molecule has 0 rings (SSSR count). The molecule has 0 fully saturated rings. The lowest BCUT2D eigenvalue weighted by Gasteiger charge is -2.09. The Labute approximate surface area is 537 Å². The van der Waals surface area contributed by atoms with Crippen molar-refractivity contribution in [3.8, 4) is 0 Å². The number of nitrogens with one attached hydrogen (secondary N) is 6. The van der Waals surface area contributed by atoms with Crippen molar-refractivity contribution in [3.05, 3.63) is 0 Å². The third kappa shape index (κ3) is 107. The Morgan fingerprint density at radius 3 is 0.725 bits per heavy atom. The highest BCUT2D eigenvalue weighted by Gasteiger charge is 2.16. The van der Waals surface area contributed by atoms with Crippen LogP contribution in [0.2, 0.25) is 0 Å². The molecule has 0 spiro atoms. The predicted octanol–water partition coefficient (Wildman–Crippen LogP) is 5.18. The topological polar surface area (TPSA) is 477 Å². The lowest BCUT2D eigenvalue weighted by atomic mass is 10.3. The fourth-order valence-electron chi connectivity index (χ4n) is 3.45. The summed E-state index contributed by atoms with van der Waals surface area (Å²) in [5, 5.41) is 13.9. The average molecular weight is 1350 g/mol. The predicted molar refractivity (Wildman–Crippen MR) is 328 cm³/mol. The van der Waals surface area contributed by atoms with Gasteiger partial charge in [-0.05, 0) is 20.3 Å². The minimum Gasteiger partial charge on any atom is -0.453 e. The lowest BCUT2D eigenvalue weighted by Crippen LogP contribution is -2.38. The van der Waals surface area contributed by atoms with Gasteiger partial charge in [-0.3, -0.25) is 38.4 Å². The van der Waals surface area contributed by atoms with Crippen molar-refractivity contribution < 1.29 is 152 Å². The number of carbonyl (C=O) groups excluding carboxylic acids is 14. The van der Waals surface area contributed by atoms with E-state index in [2.05, 4.69) is 108 Å². The van der Waals surface area contributed by atoms with Gasteiger partial charge in [-0.2, -0.15) is 0 Å². The largest absolute Gasteiger partial charge is 0.453 e. The number of alkyl carbamates (subject to hydrolysis) is 6. The summed E-state index contributed by atoms with van der Waals surface area (Å²) >= 11 is 0. The number of amides is 6. The smallest absolute Gasteiger partial charge is 0.409 e. The van der Waals surface area contributed by atoms with Gasteiger partial charge in [0.05, 0.1) is 40.8 Å². The first-order chi connectivity index (χ1) is 38.5. The molecule has 91 heavy (non-hydrogen) atoms. The fourth-order valence-corrected chi connectivity index (χ4v) is 3.45. The normalized spacial score (nSPS) is 8.29. The second-order valence-corrected chi connectivity index (χ2v) is 13.5. The Kier molecular flexibility index (Phi) is 119. The number of carbonyl (C=O) groups is 14. The maximum absolute atomic E-state index is 11.2. The van der Waals surface area contributed by atoms with Crippen LogP contribution in [0.15, 0.2) is 0 Å². The number of Topliss-reactive ketones (excluding diaryl/α,β-unsaturated/α-hetero) is 2. The van der Waals surface area contributed by atoms with Crippen LogP contribution in [0.4, 0.5) is 28.8 Å². The Morgan fingerprint density at radius 2 is 0.484 bits per heavy atom. The molecule has 0 aromatic carbocycles. The van der Waals surface area contributed by atoms with Crippen LogP contribution in [0.25, 0.3) is 0 Å². The van der Waals surface area contributed by atoms with Gasteiger partial charge in [0.2, 0.25) is 13.6 Å². The van der Waals surface area contributed by atoms with Crippen LogP contribution in [0.5, 0.6) is 0 Å². The first-order valence-corrected chi connectivity index (χ1v) is 22.6. The Hall–Kier alpha value is -8.46. The van der Waals surface area contributed by atoms with Crippen molar-refractivity contribution in [2.24, 2.45) is 0 Å². The molecule has 6 N–H and O–H groups in total. The zero-order chi connectivity index (χ0) is 62.5. The maximum atomic E-state index is 11.2. The van der Waals surface area contributed by atoms with Crippen molar-refractivity contribution in [1.82, 2.24) is 31.9 Å². The quantitative estimate of drug-likeness (QED) is 0.0159. The monoisotopic (exact) mass is 1350 g/mol. The van der Waals surface area contributed by atoms with Crippen LogP contribution < -0.4 is 31.9 Å². The number of ketones is 2. The average Bonchev–Trinajstić information content (AvgIpc) is 3.47. The van der Waals surface area contributed by atoms with Crippen molar-refractivity contribution in [3.63, 3.8) is 0 Å². The highest BCUT2D eigenvalue weighted by molar-refractivity contribution is 5.95. The van der Waals surface area contributed by atoms with E-state index in [1.165, 1.54) is 56.5 Å². The molecule has 0 aromatic rings.